The molecule has 6 heteroatoms. The van der Waals surface area contributed by atoms with Gasteiger partial charge in [-0.25, -0.2) is 4.98 Å². The molecular weight excluding hydrogens is 326 g/mol. The number of nitrogens with one attached hydrogen (secondary N) is 1. The van der Waals surface area contributed by atoms with E-state index < -0.39 is 0 Å². The molecule has 2 aromatic heterocycles. The van der Waals surface area contributed by atoms with Crippen LogP contribution in [0.25, 0.3) is 0 Å². The second-order valence-corrected chi connectivity index (χ2v) is 7.85. The van der Waals surface area contributed by atoms with E-state index in [-0.39, 0.29) is 5.91 Å². The molecule has 0 aromatic carbocycles. The lowest BCUT2D eigenvalue weighted by Gasteiger charge is -2.25. The number of hydrogen-bond donors (Lipinski definition) is 1. The number of hydrogen-bond acceptors (Lipinski definition) is 5. The van der Waals surface area contributed by atoms with Crippen LogP contribution in [-0.4, -0.2) is 28.9 Å². The maximum Gasteiger partial charge on any atom is 0.226 e. The lowest BCUT2D eigenvalue weighted by atomic mass is 10.1. The predicted octanol–water partition coefficient (Wildman–Crippen LogP) is 4.15. The number of thiophene rings is 1. The normalized spacial score (nSPS) is 15.7. The van der Waals surface area contributed by atoms with Gasteiger partial charge in [-0.15, -0.1) is 22.7 Å². The Morgan fingerprint density at radius 1 is 1.26 bits per heavy atom. The highest BCUT2D eigenvalue weighted by molar-refractivity contribution is 7.13. The zero-order valence-corrected chi connectivity index (χ0v) is 14.9. The Hall–Kier alpha value is -1.24. The first-order valence-electron chi connectivity index (χ1n) is 8.28. The van der Waals surface area contributed by atoms with Crippen LogP contribution < -0.4 is 5.32 Å². The highest BCUT2D eigenvalue weighted by Gasteiger charge is 2.13. The molecule has 0 aliphatic carbocycles. The maximum atomic E-state index is 12.0. The Labute approximate surface area is 145 Å². The Morgan fingerprint density at radius 3 is 2.91 bits per heavy atom. The van der Waals surface area contributed by atoms with Crippen LogP contribution in [0.5, 0.6) is 0 Å². The Morgan fingerprint density at radius 2 is 2.13 bits per heavy atom. The van der Waals surface area contributed by atoms with Crippen molar-refractivity contribution in [2.24, 2.45) is 0 Å². The summed E-state index contributed by atoms with van der Waals surface area (Å²) in [6.07, 6.45) is 6.34. The molecule has 1 aliphatic rings. The Bertz CT molecular complexity index is 603. The molecule has 1 saturated heterocycles. The van der Waals surface area contributed by atoms with Crippen molar-refractivity contribution in [3.05, 3.63) is 33.5 Å². The van der Waals surface area contributed by atoms with Crippen molar-refractivity contribution in [1.29, 1.82) is 0 Å². The molecule has 0 bridgehead atoms. The molecule has 0 unspecified atom stereocenters. The third-order valence-corrected chi connectivity index (χ3v) is 5.78. The number of aryl methyl sites for hydroxylation is 1. The van der Waals surface area contributed by atoms with Crippen molar-refractivity contribution in [2.45, 2.75) is 45.1 Å². The molecule has 0 radical (unpaired) electrons. The summed E-state index contributed by atoms with van der Waals surface area (Å²) in [5.74, 6) is 0.0698. The van der Waals surface area contributed by atoms with Crippen molar-refractivity contribution >= 4 is 33.7 Å². The van der Waals surface area contributed by atoms with E-state index in [9.17, 15) is 4.79 Å². The van der Waals surface area contributed by atoms with Gasteiger partial charge in [-0.1, -0.05) is 12.5 Å². The summed E-state index contributed by atoms with van der Waals surface area (Å²) in [4.78, 5) is 20.3. The topological polar surface area (TPSA) is 45.2 Å². The summed E-state index contributed by atoms with van der Waals surface area (Å²) in [5, 5.41) is 7.81. The van der Waals surface area contributed by atoms with Crippen molar-refractivity contribution in [3.63, 3.8) is 0 Å². The molecule has 23 heavy (non-hydrogen) atoms. The highest BCUT2D eigenvalue weighted by Crippen LogP contribution is 2.19. The number of aromatic nitrogens is 1. The van der Waals surface area contributed by atoms with Crippen LogP contribution in [0.4, 0.5) is 5.13 Å². The smallest absolute Gasteiger partial charge is 0.226 e. The van der Waals surface area contributed by atoms with Crippen LogP contribution in [-0.2, 0) is 17.8 Å². The number of carbonyl (C=O) groups is 1. The molecule has 1 amide bonds. The van der Waals surface area contributed by atoms with Crippen molar-refractivity contribution in [2.75, 3.05) is 18.4 Å². The van der Waals surface area contributed by atoms with Gasteiger partial charge in [0.2, 0.25) is 5.91 Å². The highest BCUT2D eigenvalue weighted by atomic mass is 32.1. The van der Waals surface area contributed by atoms with E-state index in [0.29, 0.717) is 6.42 Å². The second-order valence-electron chi connectivity index (χ2n) is 5.96. The summed E-state index contributed by atoms with van der Waals surface area (Å²) in [5.41, 5.74) is 1.07. The van der Waals surface area contributed by atoms with Crippen LogP contribution in [0, 0.1) is 0 Å². The van der Waals surface area contributed by atoms with Gasteiger partial charge in [-0.3, -0.25) is 9.69 Å². The third-order valence-electron chi connectivity index (χ3n) is 4.04. The fourth-order valence-corrected chi connectivity index (χ4v) is 4.31. The first kappa shape index (κ1) is 16.6. The van der Waals surface area contributed by atoms with E-state index in [1.807, 2.05) is 0 Å². The molecule has 0 atom stereocenters. The van der Waals surface area contributed by atoms with E-state index >= 15 is 0 Å². The molecule has 4 nitrogen and oxygen atoms in total. The molecule has 2 aromatic rings. The largest absolute Gasteiger partial charge is 0.302 e. The van der Waals surface area contributed by atoms with E-state index in [1.165, 1.54) is 48.6 Å². The minimum atomic E-state index is 0.0698. The predicted molar refractivity (Wildman–Crippen MR) is 97.1 cm³/mol. The molecule has 124 valence electrons. The number of thiazole rings is 1. The number of amides is 1. The van der Waals surface area contributed by atoms with Gasteiger partial charge in [0, 0.05) is 23.2 Å². The van der Waals surface area contributed by atoms with Crippen LogP contribution >= 0.6 is 22.7 Å². The third kappa shape index (κ3) is 5.41. The second kappa shape index (κ2) is 8.57. The van der Waals surface area contributed by atoms with E-state index in [2.05, 4.69) is 38.1 Å². The van der Waals surface area contributed by atoms with Gasteiger partial charge >= 0.3 is 0 Å². The minimum Gasteiger partial charge on any atom is -0.302 e. The summed E-state index contributed by atoms with van der Waals surface area (Å²) in [6, 6.07) is 4.18. The number of anilines is 1. The first-order chi connectivity index (χ1) is 11.3. The van der Waals surface area contributed by atoms with E-state index in [0.717, 1.165) is 30.2 Å². The standard InChI is InChI=1S/C17H23N3OS2/c21-16(8-4-6-15-7-5-11-22-15)19-17-18-14(13-23-17)12-20-9-2-1-3-10-20/h5,7,11,13H,1-4,6,8-10,12H2,(H,18,19,21). The monoisotopic (exact) mass is 349 g/mol. The van der Waals surface area contributed by atoms with Crippen molar-refractivity contribution in [3.8, 4) is 0 Å². The number of nitrogens with zero attached hydrogens (tertiary/aromatic N) is 2. The maximum absolute atomic E-state index is 12.0. The molecule has 3 rings (SSSR count). The number of rotatable bonds is 7. The SMILES string of the molecule is O=C(CCCc1cccs1)Nc1nc(CN2CCCCC2)cs1. The summed E-state index contributed by atoms with van der Waals surface area (Å²) in [7, 11) is 0. The lowest BCUT2D eigenvalue weighted by molar-refractivity contribution is -0.116. The van der Waals surface area contributed by atoms with Gasteiger partial charge in [-0.05, 0) is 50.2 Å². The van der Waals surface area contributed by atoms with Crippen molar-refractivity contribution in [1.82, 2.24) is 9.88 Å². The zero-order valence-electron chi connectivity index (χ0n) is 13.3. The Balaban J connectivity index is 1.40. The van der Waals surface area contributed by atoms with Gasteiger partial charge in [0.25, 0.3) is 0 Å². The lowest BCUT2D eigenvalue weighted by Crippen LogP contribution is -2.29. The molecule has 0 spiro atoms. The number of carbonyl (C=O) groups excluding carboxylic acids is 1. The summed E-state index contributed by atoms with van der Waals surface area (Å²) >= 11 is 3.28. The van der Waals surface area contributed by atoms with Crippen LogP contribution in [0.3, 0.4) is 0 Å². The summed E-state index contributed by atoms with van der Waals surface area (Å²) < 4.78 is 0. The molecule has 1 fully saturated rings. The Kier molecular flexibility index (Phi) is 6.19. The van der Waals surface area contributed by atoms with Crippen molar-refractivity contribution < 1.29 is 4.79 Å². The van der Waals surface area contributed by atoms with Crippen LogP contribution in [0.15, 0.2) is 22.9 Å². The molecule has 1 N–H and O–H groups in total. The van der Waals surface area contributed by atoms with Gasteiger partial charge in [0.05, 0.1) is 5.69 Å². The fourth-order valence-electron chi connectivity index (χ4n) is 2.84. The molecule has 3 heterocycles. The first-order valence-corrected chi connectivity index (χ1v) is 10.0. The minimum absolute atomic E-state index is 0.0698. The average molecular weight is 350 g/mol. The van der Waals surface area contributed by atoms with Crippen LogP contribution in [0.1, 0.15) is 42.7 Å². The fraction of sp³-hybridized carbons (Fsp3) is 0.529. The summed E-state index contributed by atoms with van der Waals surface area (Å²) in [6.45, 7) is 3.24. The average Bonchev–Trinajstić information content (AvgIpc) is 3.21. The number of piperidine rings is 1. The van der Waals surface area contributed by atoms with Gasteiger partial charge < -0.3 is 5.32 Å². The molecule has 0 saturated carbocycles. The quantitative estimate of drug-likeness (QED) is 0.817. The number of likely N-dealkylation sites (tertiary alicyclic amines) is 1. The van der Waals surface area contributed by atoms with Gasteiger partial charge in [-0.2, -0.15) is 0 Å². The van der Waals surface area contributed by atoms with Gasteiger partial charge in [0.1, 0.15) is 0 Å². The molecular formula is C17H23N3OS2. The van der Waals surface area contributed by atoms with E-state index in [4.69, 9.17) is 0 Å². The van der Waals surface area contributed by atoms with Crippen LogP contribution in [0.2, 0.25) is 0 Å². The van der Waals surface area contributed by atoms with E-state index in [1.54, 1.807) is 11.3 Å². The molecule has 1 aliphatic heterocycles. The zero-order chi connectivity index (χ0) is 15.9. The van der Waals surface area contributed by atoms with Gasteiger partial charge in [0.15, 0.2) is 5.13 Å².